The number of hydrogen-bond donors (Lipinski definition) is 0. The highest BCUT2D eigenvalue weighted by molar-refractivity contribution is 9.11. The van der Waals surface area contributed by atoms with E-state index in [-0.39, 0.29) is 11.5 Å². The van der Waals surface area contributed by atoms with Crippen LogP contribution in [0.5, 0.6) is 11.5 Å². The zero-order chi connectivity index (χ0) is 25.8. The van der Waals surface area contributed by atoms with Crippen molar-refractivity contribution in [2.75, 3.05) is 7.11 Å². The van der Waals surface area contributed by atoms with E-state index in [0.29, 0.717) is 40.4 Å². The van der Waals surface area contributed by atoms with Gasteiger partial charge in [0.1, 0.15) is 12.4 Å². The fourth-order valence-electron chi connectivity index (χ4n) is 3.64. The zero-order valence-electron chi connectivity index (χ0n) is 20.0. The molecule has 0 aliphatic heterocycles. The van der Waals surface area contributed by atoms with Crippen molar-refractivity contribution in [2.45, 2.75) is 32.8 Å². The molecule has 0 spiro atoms. The van der Waals surface area contributed by atoms with Gasteiger partial charge < -0.3 is 9.47 Å². The molecule has 0 saturated carbocycles. The summed E-state index contributed by atoms with van der Waals surface area (Å²) < 4.78 is 15.9. The number of aromatic nitrogens is 2. The lowest BCUT2D eigenvalue weighted by atomic mass is 10.1. The first-order chi connectivity index (χ1) is 17.3. The first kappa shape index (κ1) is 26.6. The molecule has 0 unspecified atom stereocenters. The minimum absolute atomic E-state index is 0.0404. The Morgan fingerprint density at radius 3 is 2.56 bits per heavy atom. The molecule has 186 valence electrons. The lowest BCUT2D eigenvalue weighted by Crippen LogP contribution is -2.23. The monoisotopic (exact) mass is 675 g/mol. The standard InChI is InChI=1S/C27H24Br3N3O3/c1-4-16(2)26-32-23-11-10-19(28)12-21(23)27(34)33(26)31-14-17-6-5-7-24(35-3)25(17)36-15-18-8-9-20(29)13-22(18)30/h5-14,16H,4,15H2,1-3H3/t16-/m0/s1. The molecule has 0 fully saturated rings. The summed E-state index contributed by atoms with van der Waals surface area (Å²) in [6.07, 6.45) is 2.44. The Morgan fingerprint density at radius 2 is 1.83 bits per heavy atom. The minimum atomic E-state index is -0.225. The Kier molecular flexibility index (Phi) is 8.64. The van der Waals surface area contributed by atoms with Gasteiger partial charge in [0, 0.05) is 30.5 Å². The van der Waals surface area contributed by atoms with Crippen molar-refractivity contribution in [2.24, 2.45) is 5.10 Å². The number of hydrogen-bond acceptors (Lipinski definition) is 5. The SMILES string of the molecule is CC[C@H](C)c1nc2ccc(Br)cc2c(=O)n1N=Cc1cccc(OC)c1OCc1ccc(Br)cc1Br. The summed E-state index contributed by atoms with van der Waals surface area (Å²) in [6.45, 7) is 4.41. The first-order valence-electron chi connectivity index (χ1n) is 11.3. The van der Waals surface area contributed by atoms with Crippen LogP contribution in [0, 0.1) is 0 Å². The zero-order valence-corrected chi connectivity index (χ0v) is 24.7. The van der Waals surface area contributed by atoms with Gasteiger partial charge in [0.05, 0.1) is 24.2 Å². The van der Waals surface area contributed by atoms with Crippen LogP contribution in [0.3, 0.4) is 0 Å². The van der Waals surface area contributed by atoms with E-state index in [1.54, 1.807) is 19.4 Å². The highest BCUT2D eigenvalue weighted by Crippen LogP contribution is 2.32. The lowest BCUT2D eigenvalue weighted by Gasteiger charge is -2.15. The van der Waals surface area contributed by atoms with E-state index in [9.17, 15) is 4.79 Å². The summed E-state index contributed by atoms with van der Waals surface area (Å²) in [5.74, 6) is 1.76. The Morgan fingerprint density at radius 1 is 1.08 bits per heavy atom. The third-order valence-electron chi connectivity index (χ3n) is 5.82. The van der Waals surface area contributed by atoms with Crippen LogP contribution in [0.4, 0.5) is 0 Å². The van der Waals surface area contributed by atoms with E-state index >= 15 is 0 Å². The molecule has 0 N–H and O–H groups in total. The van der Waals surface area contributed by atoms with Gasteiger partial charge in [-0.25, -0.2) is 4.98 Å². The molecule has 4 aromatic rings. The largest absolute Gasteiger partial charge is 0.493 e. The van der Waals surface area contributed by atoms with Gasteiger partial charge in [0.25, 0.3) is 5.56 Å². The molecule has 0 bridgehead atoms. The third kappa shape index (κ3) is 5.74. The number of benzene rings is 3. The number of rotatable bonds is 8. The van der Waals surface area contributed by atoms with Gasteiger partial charge in [-0.3, -0.25) is 4.79 Å². The van der Waals surface area contributed by atoms with E-state index in [4.69, 9.17) is 14.5 Å². The van der Waals surface area contributed by atoms with Crippen molar-refractivity contribution in [1.82, 2.24) is 9.66 Å². The van der Waals surface area contributed by atoms with E-state index in [1.807, 2.05) is 55.5 Å². The van der Waals surface area contributed by atoms with Gasteiger partial charge in [0.2, 0.25) is 0 Å². The molecule has 0 amide bonds. The number of halogens is 3. The smallest absolute Gasteiger partial charge is 0.282 e. The summed E-state index contributed by atoms with van der Waals surface area (Å²) in [6, 6.07) is 17.0. The van der Waals surface area contributed by atoms with Gasteiger partial charge >= 0.3 is 0 Å². The molecule has 4 rings (SSSR count). The Balaban J connectivity index is 1.77. The molecule has 6 nitrogen and oxygen atoms in total. The molecule has 0 aliphatic rings. The lowest BCUT2D eigenvalue weighted by molar-refractivity contribution is 0.283. The molecule has 3 aromatic carbocycles. The maximum atomic E-state index is 13.5. The Hall–Kier alpha value is -2.49. The van der Waals surface area contributed by atoms with Crippen LogP contribution in [0.15, 0.2) is 77.9 Å². The quantitative estimate of drug-likeness (QED) is 0.180. The van der Waals surface area contributed by atoms with E-state index in [1.165, 1.54) is 4.68 Å². The summed E-state index contributed by atoms with van der Waals surface area (Å²) >= 11 is 10.5. The average molecular weight is 678 g/mol. The molecule has 1 atom stereocenters. The first-order valence-corrected chi connectivity index (χ1v) is 13.7. The van der Waals surface area contributed by atoms with Crippen LogP contribution >= 0.6 is 47.8 Å². The van der Waals surface area contributed by atoms with Gasteiger partial charge in [-0.1, -0.05) is 73.8 Å². The molecule has 1 aromatic heterocycles. The number of para-hydroxylation sites is 1. The molecule has 9 heteroatoms. The van der Waals surface area contributed by atoms with Gasteiger partial charge in [-0.15, -0.1) is 0 Å². The molecule has 1 heterocycles. The summed E-state index contributed by atoms with van der Waals surface area (Å²) in [5, 5.41) is 5.09. The van der Waals surface area contributed by atoms with Gasteiger partial charge in [-0.2, -0.15) is 9.78 Å². The maximum Gasteiger partial charge on any atom is 0.282 e. The maximum absolute atomic E-state index is 13.5. The van der Waals surface area contributed by atoms with Gasteiger partial charge in [0.15, 0.2) is 11.5 Å². The molecule has 0 saturated heterocycles. The molecule has 36 heavy (non-hydrogen) atoms. The second-order valence-corrected chi connectivity index (χ2v) is 10.9. The van der Waals surface area contributed by atoms with Crippen molar-refractivity contribution >= 4 is 64.9 Å². The van der Waals surface area contributed by atoms with Crippen molar-refractivity contribution in [3.8, 4) is 11.5 Å². The highest BCUT2D eigenvalue weighted by Gasteiger charge is 2.16. The molecule has 0 radical (unpaired) electrons. The normalized spacial score (nSPS) is 12.3. The fraction of sp³-hybridized carbons (Fsp3) is 0.222. The predicted octanol–water partition coefficient (Wildman–Crippen LogP) is 7.67. The molecular formula is C27H24Br3N3O3. The fourth-order valence-corrected chi connectivity index (χ4v) is 5.16. The number of ether oxygens (including phenoxy) is 2. The Labute approximate surface area is 234 Å². The van der Waals surface area contributed by atoms with Crippen molar-refractivity contribution in [1.29, 1.82) is 0 Å². The van der Waals surface area contributed by atoms with Gasteiger partial charge in [-0.05, 0) is 48.9 Å². The van der Waals surface area contributed by atoms with Crippen LogP contribution < -0.4 is 15.0 Å². The van der Waals surface area contributed by atoms with Crippen LogP contribution in [-0.2, 0) is 6.61 Å². The summed E-state index contributed by atoms with van der Waals surface area (Å²) in [5.41, 5.74) is 2.08. The topological polar surface area (TPSA) is 65.7 Å². The van der Waals surface area contributed by atoms with E-state index in [0.717, 1.165) is 25.4 Å². The third-order valence-corrected chi connectivity index (χ3v) is 7.54. The van der Waals surface area contributed by atoms with Crippen molar-refractivity contribution in [3.63, 3.8) is 0 Å². The summed E-state index contributed by atoms with van der Waals surface area (Å²) in [4.78, 5) is 18.2. The number of nitrogens with zero attached hydrogens (tertiary/aromatic N) is 3. The predicted molar refractivity (Wildman–Crippen MR) is 155 cm³/mol. The van der Waals surface area contributed by atoms with Crippen LogP contribution in [0.1, 0.15) is 43.1 Å². The number of fused-ring (bicyclic) bond motifs is 1. The minimum Gasteiger partial charge on any atom is -0.493 e. The highest BCUT2D eigenvalue weighted by atomic mass is 79.9. The number of methoxy groups -OCH3 is 1. The van der Waals surface area contributed by atoms with Crippen molar-refractivity contribution < 1.29 is 9.47 Å². The summed E-state index contributed by atoms with van der Waals surface area (Å²) in [7, 11) is 1.59. The second-order valence-electron chi connectivity index (χ2n) is 8.21. The van der Waals surface area contributed by atoms with Crippen molar-refractivity contribution in [3.05, 3.63) is 95.3 Å². The van der Waals surface area contributed by atoms with Crippen LogP contribution in [0.25, 0.3) is 10.9 Å². The van der Waals surface area contributed by atoms with Crippen LogP contribution in [0.2, 0.25) is 0 Å². The molecule has 0 aliphatic carbocycles. The van der Waals surface area contributed by atoms with E-state index in [2.05, 4.69) is 59.8 Å². The second kappa shape index (κ2) is 11.7. The molecular weight excluding hydrogens is 654 g/mol. The average Bonchev–Trinajstić information content (AvgIpc) is 2.87. The Bertz CT molecular complexity index is 1500. The van der Waals surface area contributed by atoms with E-state index < -0.39 is 0 Å². The van der Waals surface area contributed by atoms with Crippen LogP contribution in [-0.4, -0.2) is 23.0 Å².